The van der Waals surface area contributed by atoms with Crippen LogP contribution in [0.3, 0.4) is 0 Å². The molecular weight excluding hydrogens is 458 g/mol. The third-order valence-corrected chi connectivity index (χ3v) is 7.79. The van der Waals surface area contributed by atoms with Gasteiger partial charge in [0.25, 0.3) is 17.1 Å². The van der Waals surface area contributed by atoms with Gasteiger partial charge in [-0.25, -0.2) is 0 Å². The van der Waals surface area contributed by atoms with Crippen LogP contribution in [0.15, 0.2) is 58.4 Å². The summed E-state index contributed by atoms with van der Waals surface area (Å²) in [4.78, 5) is 44.2. The number of rotatable bonds is 7. The highest BCUT2D eigenvalue weighted by Gasteiger charge is 2.49. The number of nitrogens with zero attached hydrogens (tertiary/aromatic N) is 2. The molecule has 0 atom stereocenters. The summed E-state index contributed by atoms with van der Waals surface area (Å²) < 4.78 is 0. The van der Waals surface area contributed by atoms with Crippen LogP contribution in [-0.4, -0.2) is 33.3 Å². The minimum atomic E-state index is -0.513. The van der Waals surface area contributed by atoms with Gasteiger partial charge in [-0.15, -0.1) is 0 Å². The lowest BCUT2D eigenvalue weighted by atomic mass is 9.97. The van der Waals surface area contributed by atoms with Gasteiger partial charge in [0.15, 0.2) is 0 Å². The maximum absolute atomic E-state index is 13.4. The molecule has 0 bridgehead atoms. The standard InChI is InChI=1S/C28H29N3O3S/c1-2-3-10-24-30-28(15-6-7-16-28)26(33)31(24)18-19-11-13-20(14-12-19)22-9-5-4-8-21(22)17-23-25(32)29-27(34)35-23/h4-5,8-9,11-14,17H,2-3,6-7,10,15-16,18H2,1H3,(H,29,32,34)/b23-17+. The number of hydrogen-bond donors (Lipinski definition) is 1. The van der Waals surface area contributed by atoms with E-state index in [0.29, 0.717) is 11.4 Å². The van der Waals surface area contributed by atoms with Crippen molar-refractivity contribution < 1.29 is 14.4 Å². The van der Waals surface area contributed by atoms with E-state index in [9.17, 15) is 14.4 Å². The topological polar surface area (TPSA) is 78.8 Å². The maximum Gasteiger partial charge on any atom is 0.290 e. The van der Waals surface area contributed by atoms with Crippen molar-refractivity contribution in [1.29, 1.82) is 0 Å². The lowest BCUT2D eigenvalue weighted by Crippen LogP contribution is -2.40. The zero-order valence-electron chi connectivity index (χ0n) is 19.9. The van der Waals surface area contributed by atoms with Gasteiger partial charge in [0.05, 0.1) is 11.4 Å². The third-order valence-electron chi connectivity index (χ3n) is 6.98. The van der Waals surface area contributed by atoms with Crippen molar-refractivity contribution in [3.8, 4) is 11.1 Å². The van der Waals surface area contributed by atoms with Crippen LogP contribution >= 0.6 is 11.8 Å². The Labute approximate surface area is 209 Å². The molecule has 3 amide bonds. The van der Waals surface area contributed by atoms with Crippen LogP contribution < -0.4 is 5.32 Å². The van der Waals surface area contributed by atoms with Crippen LogP contribution in [0.4, 0.5) is 4.79 Å². The second-order valence-corrected chi connectivity index (χ2v) is 10.4. The Morgan fingerprint density at radius 3 is 2.49 bits per heavy atom. The Morgan fingerprint density at radius 2 is 1.80 bits per heavy atom. The molecule has 1 spiro atoms. The molecule has 6 nitrogen and oxygen atoms in total. The molecule has 1 saturated heterocycles. The molecule has 0 aromatic heterocycles. The van der Waals surface area contributed by atoms with Crippen molar-refractivity contribution >= 4 is 40.7 Å². The lowest BCUT2D eigenvalue weighted by molar-refractivity contribution is -0.131. The summed E-state index contributed by atoms with van der Waals surface area (Å²) >= 11 is 0.919. The number of benzene rings is 2. The fourth-order valence-electron chi connectivity index (χ4n) is 5.12. The Morgan fingerprint density at radius 1 is 1.06 bits per heavy atom. The fourth-order valence-corrected chi connectivity index (χ4v) is 5.79. The molecule has 0 radical (unpaired) electrons. The quantitative estimate of drug-likeness (QED) is 0.492. The molecule has 0 unspecified atom stereocenters. The molecule has 2 aliphatic heterocycles. The molecule has 35 heavy (non-hydrogen) atoms. The third kappa shape index (κ3) is 4.69. The maximum atomic E-state index is 13.4. The van der Waals surface area contributed by atoms with Gasteiger partial charge in [-0.1, -0.05) is 74.7 Å². The second kappa shape index (κ2) is 9.82. The SMILES string of the molecule is CCCCC1=NC2(CCCC2)C(=O)N1Cc1ccc(-c2ccccc2/C=C2/SC(=O)NC2=O)cc1. The summed E-state index contributed by atoms with van der Waals surface area (Å²) in [6.07, 6.45) is 8.59. The molecule has 1 saturated carbocycles. The van der Waals surface area contributed by atoms with Crippen LogP contribution in [-0.2, 0) is 16.1 Å². The minimum absolute atomic E-state index is 0.170. The predicted octanol–water partition coefficient (Wildman–Crippen LogP) is 5.92. The number of aliphatic imine (C=N–C) groups is 1. The van der Waals surface area contributed by atoms with Gasteiger partial charge < -0.3 is 0 Å². The van der Waals surface area contributed by atoms with Crippen molar-refractivity contribution in [2.45, 2.75) is 64.0 Å². The molecule has 1 N–H and O–H groups in total. The summed E-state index contributed by atoms with van der Waals surface area (Å²) in [5.41, 5.74) is 3.41. The van der Waals surface area contributed by atoms with Crippen LogP contribution in [0.5, 0.6) is 0 Å². The van der Waals surface area contributed by atoms with Crippen molar-refractivity contribution in [2.75, 3.05) is 0 Å². The van der Waals surface area contributed by atoms with Crippen molar-refractivity contribution in [3.05, 3.63) is 64.6 Å². The summed E-state index contributed by atoms with van der Waals surface area (Å²) in [5, 5.41) is 1.95. The van der Waals surface area contributed by atoms with Gasteiger partial charge in [0.1, 0.15) is 11.4 Å². The molecule has 2 aromatic rings. The first-order valence-electron chi connectivity index (χ1n) is 12.3. The Kier molecular flexibility index (Phi) is 6.60. The van der Waals surface area contributed by atoms with Gasteiger partial charge in [-0.2, -0.15) is 0 Å². The monoisotopic (exact) mass is 487 g/mol. The van der Waals surface area contributed by atoms with Crippen LogP contribution in [0.25, 0.3) is 17.2 Å². The van der Waals surface area contributed by atoms with Crippen LogP contribution in [0, 0.1) is 0 Å². The van der Waals surface area contributed by atoms with E-state index >= 15 is 0 Å². The van der Waals surface area contributed by atoms with Crippen molar-refractivity contribution in [3.63, 3.8) is 0 Å². The van der Waals surface area contributed by atoms with E-state index in [0.717, 1.165) is 84.8 Å². The summed E-state index contributed by atoms with van der Waals surface area (Å²) in [7, 11) is 0. The fraction of sp³-hybridized carbons (Fsp3) is 0.357. The normalized spacial score (nSPS) is 20.3. The molecule has 2 aromatic carbocycles. The van der Waals surface area contributed by atoms with Crippen molar-refractivity contribution in [1.82, 2.24) is 10.2 Å². The number of imide groups is 1. The number of thioether (sulfide) groups is 1. The van der Waals surface area contributed by atoms with E-state index in [2.05, 4.69) is 36.5 Å². The number of nitrogens with one attached hydrogen (secondary N) is 1. The highest BCUT2D eigenvalue weighted by atomic mass is 32.2. The Balaban J connectivity index is 1.37. The zero-order valence-corrected chi connectivity index (χ0v) is 20.7. The van der Waals surface area contributed by atoms with E-state index in [1.807, 2.05) is 29.2 Å². The molecule has 180 valence electrons. The number of carbonyl (C=O) groups excluding carboxylic acids is 3. The average Bonchev–Trinajstić information content (AvgIpc) is 3.53. The lowest BCUT2D eigenvalue weighted by Gasteiger charge is -2.23. The van der Waals surface area contributed by atoms with E-state index in [4.69, 9.17) is 4.99 Å². The van der Waals surface area contributed by atoms with E-state index in [-0.39, 0.29) is 17.1 Å². The summed E-state index contributed by atoms with van der Waals surface area (Å²) in [6, 6.07) is 16.0. The number of amides is 3. The van der Waals surface area contributed by atoms with Gasteiger partial charge in [0.2, 0.25) is 0 Å². The predicted molar refractivity (Wildman–Crippen MR) is 140 cm³/mol. The number of hydrogen-bond acceptors (Lipinski definition) is 5. The molecule has 5 rings (SSSR count). The smallest absolute Gasteiger partial charge is 0.290 e. The highest BCUT2D eigenvalue weighted by Crippen LogP contribution is 2.40. The molecular formula is C28H29N3O3S. The van der Waals surface area contributed by atoms with Crippen LogP contribution in [0.1, 0.15) is 63.0 Å². The van der Waals surface area contributed by atoms with Gasteiger partial charge in [-0.05, 0) is 59.4 Å². The number of carbonyl (C=O) groups is 3. The Hall–Kier alpha value is -3.19. The van der Waals surface area contributed by atoms with E-state index in [1.54, 1.807) is 6.08 Å². The number of unbranched alkanes of at least 4 members (excludes halogenated alkanes) is 1. The van der Waals surface area contributed by atoms with Crippen molar-refractivity contribution in [2.24, 2.45) is 4.99 Å². The molecule has 1 aliphatic carbocycles. The molecule has 7 heteroatoms. The largest absolute Gasteiger partial charge is 0.294 e. The summed E-state index contributed by atoms with van der Waals surface area (Å²) in [5.74, 6) is 0.756. The second-order valence-electron chi connectivity index (χ2n) is 9.40. The Bertz CT molecular complexity index is 1230. The molecule has 2 heterocycles. The first kappa shape index (κ1) is 23.5. The molecule has 3 aliphatic rings. The van der Waals surface area contributed by atoms with Gasteiger partial charge >= 0.3 is 0 Å². The highest BCUT2D eigenvalue weighted by molar-refractivity contribution is 8.18. The van der Waals surface area contributed by atoms with Gasteiger partial charge in [-0.3, -0.25) is 29.6 Å². The van der Waals surface area contributed by atoms with E-state index in [1.165, 1.54) is 0 Å². The molecule has 2 fully saturated rings. The minimum Gasteiger partial charge on any atom is -0.294 e. The van der Waals surface area contributed by atoms with Crippen LogP contribution in [0.2, 0.25) is 0 Å². The van der Waals surface area contributed by atoms with E-state index < -0.39 is 5.54 Å². The summed E-state index contributed by atoms with van der Waals surface area (Å²) in [6.45, 7) is 2.70. The zero-order chi connectivity index (χ0) is 24.4. The van der Waals surface area contributed by atoms with Gasteiger partial charge in [0, 0.05) is 6.42 Å². The first-order chi connectivity index (χ1) is 17.0. The average molecular weight is 488 g/mol. The first-order valence-corrected chi connectivity index (χ1v) is 13.1. The number of amidine groups is 1.